The van der Waals surface area contributed by atoms with Crippen molar-refractivity contribution >= 4 is 32.6 Å². The van der Waals surface area contributed by atoms with Crippen LogP contribution in [0.25, 0.3) is 38.4 Å². The monoisotopic (exact) mass is 298 g/mol. The highest BCUT2D eigenvalue weighted by molar-refractivity contribution is 6.24. The Morgan fingerprint density at radius 2 is 1.70 bits per heavy atom. The van der Waals surface area contributed by atoms with E-state index in [9.17, 15) is 0 Å². The molecule has 0 bridgehead atoms. The van der Waals surface area contributed by atoms with Crippen LogP contribution < -0.4 is 4.74 Å². The summed E-state index contributed by atoms with van der Waals surface area (Å²) in [6.07, 6.45) is 1.83. The minimum atomic E-state index is 0.862. The van der Waals surface area contributed by atoms with E-state index in [1.54, 1.807) is 7.11 Å². The summed E-state index contributed by atoms with van der Waals surface area (Å²) in [7, 11) is 1.71. The molecule has 3 heteroatoms. The van der Waals surface area contributed by atoms with Crippen LogP contribution >= 0.6 is 0 Å². The van der Waals surface area contributed by atoms with Gasteiger partial charge in [0, 0.05) is 23.0 Å². The molecule has 0 atom stereocenters. The van der Waals surface area contributed by atoms with E-state index >= 15 is 0 Å². The third-order valence-electron chi connectivity index (χ3n) is 4.48. The molecule has 2 aromatic heterocycles. The molecule has 3 aromatic carbocycles. The van der Waals surface area contributed by atoms with Gasteiger partial charge in [-0.25, -0.2) is 4.98 Å². The minimum Gasteiger partial charge on any atom is -0.497 e. The Kier molecular flexibility index (Phi) is 2.42. The number of rotatable bonds is 2. The molecule has 0 N–H and O–H groups in total. The molecule has 0 saturated carbocycles. The lowest BCUT2D eigenvalue weighted by Gasteiger charge is -2.07. The number of pyridine rings is 1. The highest BCUT2D eigenvalue weighted by atomic mass is 16.5. The zero-order chi connectivity index (χ0) is 15.4. The Morgan fingerprint density at radius 1 is 0.826 bits per heavy atom. The maximum absolute atomic E-state index is 5.50. The van der Waals surface area contributed by atoms with Gasteiger partial charge >= 0.3 is 0 Å². The number of hydrogen-bond donors (Lipinski definition) is 0. The summed E-state index contributed by atoms with van der Waals surface area (Å²) in [6.45, 7) is 0. The molecule has 0 radical (unpaired) electrons. The fraction of sp³-hybridized carbons (Fsp3) is 0.0500. The van der Waals surface area contributed by atoms with E-state index < -0.39 is 0 Å². The van der Waals surface area contributed by atoms with Crippen LogP contribution in [0, 0.1) is 0 Å². The van der Waals surface area contributed by atoms with Crippen molar-refractivity contribution in [2.75, 3.05) is 7.11 Å². The van der Waals surface area contributed by atoms with Crippen LogP contribution in [-0.4, -0.2) is 16.7 Å². The van der Waals surface area contributed by atoms with Gasteiger partial charge in [0.25, 0.3) is 0 Å². The lowest BCUT2D eigenvalue weighted by atomic mass is 10.0. The predicted octanol–water partition coefficient (Wildman–Crippen LogP) is 4.78. The second-order valence-corrected chi connectivity index (χ2v) is 5.71. The van der Waals surface area contributed by atoms with Crippen molar-refractivity contribution in [1.29, 1.82) is 0 Å². The SMILES string of the molecule is COc1cc2ccc3cccc4c3c2c(c1)n4-c1ccccn1. The smallest absolute Gasteiger partial charge is 0.137 e. The third kappa shape index (κ3) is 1.62. The standard InChI is InChI=1S/C20H14N2O/c1-23-15-11-14-9-8-13-5-4-6-16-19(13)20(14)17(12-15)22(16)18-7-2-3-10-21-18/h2-12H,1H3. The van der Waals surface area contributed by atoms with Crippen LogP contribution in [0.1, 0.15) is 0 Å². The van der Waals surface area contributed by atoms with E-state index in [-0.39, 0.29) is 0 Å². The molecule has 0 aliphatic rings. The maximum Gasteiger partial charge on any atom is 0.137 e. The fourth-order valence-corrected chi connectivity index (χ4v) is 3.52. The first-order valence-electron chi connectivity index (χ1n) is 7.61. The van der Waals surface area contributed by atoms with Gasteiger partial charge in [0.2, 0.25) is 0 Å². The van der Waals surface area contributed by atoms with Crippen molar-refractivity contribution < 1.29 is 4.74 Å². The van der Waals surface area contributed by atoms with Gasteiger partial charge in [-0.3, -0.25) is 4.57 Å². The molecule has 2 heterocycles. The topological polar surface area (TPSA) is 27.1 Å². The third-order valence-corrected chi connectivity index (χ3v) is 4.48. The highest BCUT2D eigenvalue weighted by Gasteiger charge is 2.17. The number of ether oxygens (including phenoxy) is 1. The van der Waals surface area contributed by atoms with Gasteiger partial charge in [-0.1, -0.05) is 30.3 Å². The number of hydrogen-bond acceptors (Lipinski definition) is 2. The second-order valence-electron chi connectivity index (χ2n) is 5.71. The van der Waals surface area contributed by atoms with E-state index in [2.05, 4.69) is 52.0 Å². The summed E-state index contributed by atoms with van der Waals surface area (Å²) in [4.78, 5) is 4.56. The summed E-state index contributed by atoms with van der Waals surface area (Å²) >= 11 is 0. The lowest BCUT2D eigenvalue weighted by Crippen LogP contribution is -1.96. The first kappa shape index (κ1) is 12.5. The average molecular weight is 298 g/mol. The van der Waals surface area contributed by atoms with Gasteiger partial charge < -0.3 is 4.74 Å². The van der Waals surface area contributed by atoms with Gasteiger partial charge in [0.05, 0.1) is 18.1 Å². The molecule has 5 rings (SSSR count). The van der Waals surface area contributed by atoms with Crippen molar-refractivity contribution in [2.45, 2.75) is 0 Å². The Morgan fingerprint density at radius 3 is 2.52 bits per heavy atom. The van der Waals surface area contributed by atoms with Gasteiger partial charge in [0.1, 0.15) is 11.6 Å². The average Bonchev–Trinajstić information content (AvgIpc) is 2.95. The van der Waals surface area contributed by atoms with E-state index in [1.165, 1.54) is 27.1 Å². The summed E-state index contributed by atoms with van der Waals surface area (Å²) in [6, 6.07) is 20.9. The van der Waals surface area contributed by atoms with Crippen LogP contribution in [0.2, 0.25) is 0 Å². The molecule has 5 aromatic rings. The van der Waals surface area contributed by atoms with Crippen LogP contribution in [0.15, 0.2) is 66.9 Å². The number of benzene rings is 3. The maximum atomic E-state index is 5.50. The fourth-order valence-electron chi connectivity index (χ4n) is 3.52. The van der Waals surface area contributed by atoms with Crippen molar-refractivity contribution in [3.63, 3.8) is 0 Å². The normalized spacial score (nSPS) is 11.7. The summed E-state index contributed by atoms with van der Waals surface area (Å²) in [5.41, 5.74) is 2.31. The molecular weight excluding hydrogens is 284 g/mol. The molecular formula is C20H14N2O. The highest BCUT2D eigenvalue weighted by Crippen LogP contribution is 2.40. The van der Waals surface area contributed by atoms with Crippen molar-refractivity contribution in [3.8, 4) is 11.6 Å². The summed E-state index contributed by atoms with van der Waals surface area (Å²) in [5.74, 6) is 1.78. The second kappa shape index (κ2) is 4.46. The van der Waals surface area contributed by atoms with Gasteiger partial charge in [-0.15, -0.1) is 0 Å². The Labute approximate surface area is 133 Å². The molecule has 0 amide bonds. The molecule has 110 valence electrons. The van der Waals surface area contributed by atoms with E-state index in [4.69, 9.17) is 4.74 Å². The number of methoxy groups -OCH3 is 1. The zero-order valence-corrected chi connectivity index (χ0v) is 12.7. The number of aromatic nitrogens is 2. The zero-order valence-electron chi connectivity index (χ0n) is 12.7. The summed E-state index contributed by atoms with van der Waals surface area (Å²) in [5, 5.41) is 5.00. The Bertz CT molecular complexity index is 1140. The lowest BCUT2D eigenvalue weighted by molar-refractivity contribution is 0.416. The van der Waals surface area contributed by atoms with Gasteiger partial charge in [-0.05, 0) is 35.0 Å². The predicted molar refractivity (Wildman–Crippen MR) is 93.8 cm³/mol. The molecule has 23 heavy (non-hydrogen) atoms. The molecule has 0 aliphatic carbocycles. The molecule has 0 fully saturated rings. The molecule has 3 nitrogen and oxygen atoms in total. The molecule has 0 aliphatic heterocycles. The van der Waals surface area contributed by atoms with Crippen LogP contribution in [0.5, 0.6) is 5.75 Å². The van der Waals surface area contributed by atoms with Crippen molar-refractivity contribution in [3.05, 3.63) is 66.9 Å². The largest absolute Gasteiger partial charge is 0.497 e. The van der Waals surface area contributed by atoms with Crippen molar-refractivity contribution in [1.82, 2.24) is 9.55 Å². The van der Waals surface area contributed by atoms with E-state index in [0.717, 1.165) is 17.1 Å². The Balaban J connectivity index is 2.08. The summed E-state index contributed by atoms with van der Waals surface area (Å²) < 4.78 is 7.72. The van der Waals surface area contributed by atoms with Crippen molar-refractivity contribution in [2.24, 2.45) is 0 Å². The first-order chi connectivity index (χ1) is 11.4. The first-order valence-corrected chi connectivity index (χ1v) is 7.61. The van der Waals surface area contributed by atoms with Crippen LogP contribution in [0.4, 0.5) is 0 Å². The van der Waals surface area contributed by atoms with Gasteiger partial charge in [-0.2, -0.15) is 0 Å². The minimum absolute atomic E-state index is 0.862. The molecule has 0 unspecified atom stereocenters. The van der Waals surface area contributed by atoms with Gasteiger partial charge in [0.15, 0.2) is 0 Å². The van der Waals surface area contributed by atoms with Crippen LogP contribution in [-0.2, 0) is 0 Å². The molecule has 0 saturated heterocycles. The molecule has 0 spiro atoms. The quantitative estimate of drug-likeness (QED) is 0.439. The Hall–Kier alpha value is -3.07. The van der Waals surface area contributed by atoms with Crippen LogP contribution in [0.3, 0.4) is 0 Å². The van der Waals surface area contributed by atoms with E-state index in [0.29, 0.717) is 0 Å². The van der Waals surface area contributed by atoms with E-state index in [1.807, 2.05) is 24.4 Å². The number of nitrogens with zero attached hydrogens (tertiary/aromatic N) is 2.